The van der Waals surface area contributed by atoms with Gasteiger partial charge in [-0.05, 0) is 25.7 Å². The Morgan fingerprint density at radius 1 is 1.43 bits per heavy atom. The maximum Gasteiger partial charge on any atom is 0.263 e. The second-order valence-corrected chi connectivity index (χ2v) is 8.25. The number of thiazole rings is 1. The summed E-state index contributed by atoms with van der Waals surface area (Å²) in [5.41, 5.74) is 2.41. The number of imidazole rings is 1. The monoisotopic (exact) mass is 329 g/mol. The molecule has 3 N–H and O–H groups in total. The molecule has 1 aliphatic heterocycles. The number of piperidine rings is 1. The Bertz CT molecular complexity index is 751. The zero-order chi connectivity index (χ0) is 15.2. The first-order valence-electron chi connectivity index (χ1n) is 6.89. The summed E-state index contributed by atoms with van der Waals surface area (Å²) in [5.74, 6) is 6.02. The number of hydrazine groups is 1. The lowest BCUT2D eigenvalue weighted by molar-refractivity contribution is 0.217. The molecule has 3 heterocycles. The molecular weight excluding hydrogens is 310 g/mol. The third-order valence-electron chi connectivity index (χ3n) is 3.97. The molecule has 0 amide bonds. The van der Waals surface area contributed by atoms with Gasteiger partial charge in [-0.3, -0.25) is 4.40 Å². The SMILES string of the molecule is CC1CCC(C)N(S(=O)(=O)c2c(NN)nc3sccn23)C1. The van der Waals surface area contributed by atoms with E-state index in [-0.39, 0.29) is 16.9 Å². The number of nitrogens with zero attached hydrogens (tertiary/aromatic N) is 3. The fraction of sp³-hybridized carbons (Fsp3) is 0.583. The zero-order valence-corrected chi connectivity index (χ0v) is 13.6. The van der Waals surface area contributed by atoms with E-state index >= 15 is 0 Å². The molecule has 0 radical (unpaired) electrons. The number of hydrogen-bond acceptors (Lipinski definition) is 6. The highest BCUT2D eigenvalue weighted by atomic mass is 32.2. The molecule has 0 spiro atoms. The molecule has 1 aliphatic rings. The molecule has 1 fully saturated rings. The van der Waals surface area contributed by atoms with Crippen molar-refractivity contribution in [3.8, 4) is 0 Å². The molecule has 2 unspecified atom stereocenters. The predicted molar refractivity (Wildman–Crippen MR) is 82.6 cm³/mol. The van der Waals surface area contributed by atoms with Crippen molar-refractivity contribution in [3.63, 3.8) is 0 Å². The lowest BCUT2D eigenvalue weighted by Gasteiger charge is -2.35. The van der Waals surface area contributed by atoms with Crippen LogP contribution in [0.1, 0.15) is 26.7 Å². The Hall–Kier alpha value is -1.16. The molecule has 7 nitrogen and oxygen atoms in total. The molecule has 9 heteroatoms. The Morgan fingerprint density at radius 3 is 2.90 bits per heavy atom. The summed E-state index contributed by atoms with van der Waals surface area (Å²) in [5, 5.41) is 1.94. The predicted octanol–water partition coefficient (Wildman–Crippen LogP) is 1.49. The fourth-order valence-electron chi connectivity index (χ4n) is 2.80. The average Bonchev–Trinajstić information content (AvgIpc) is 3.00. The van der Waals surface area contributed by atoms with Gasteiger partial charge < -0.3 is 5.43 Å². The van der Waals surface area contributed by atoms with Crippen LogP contribution in [0.15, 0.2) is 16.6 Å². The number of anilines is 1. The summed E-state index contributed by atoms with van der Waals surface area (Å²) >= 11 is 1.38. The highest BCUT2D eigenvalue weighted by molar-refractivity contribution is 7.89. The van der Waals surface area contributed by atoms with E-state index in [1.165, 1.54) is 11.3 Å². The van der Waals surface area contributed by atoms with Gasteiger partial charge in [0, 0.05) is 24.2 Å². The van der Waals surface area contributed by atoms with Gasteiger partial charge in [-0.2, -0.15) is 9.29 Å². The van der Waals surface area contributed by atoms with Crippen molar-refractivity contribution in [1.29, 1.82) is 0 Å². The minimum absolute atomic E-state index is 0.0130. The molecule has 21 heavy (non-hydrogen) atoms. The molecule has 1 saturated heterocycles. The van der Waals surface area contributed by atoms with Gasteiger partial charge >= 0.3 is 0 Å². The average molecular weight is 329 g/mol. The van der Waals surface area contributed by atoms with Crippen molar-refractivity contribution >= 4 is 32.1 Å². The number of nitrogens with two attached hydrogens (primary N) is 1. The van der Waals surface area contributed by atoms with E-state index < -0.39 is 10.0 Å². The molecule has 0 aromatic carbocycles. The standard InChI is InChI=1S/C12H19N5O2S2/c1-8-3-4-9(2)17(7-8)21(18,19)11-10(15-13)14-12-16(11)5-6-20-12/h5-6,8-9,15H,3-4,7,13H2,1-2H3. The fourth-order valence-corrected chi connectivity index (χ4v) is 5.57. The largest absolute Gasteiger partial charge is 0.306 e. The number of rotatable bonds is 3. The van der Waals surface area contributed by atoms with Gasteiger partial charge in [0.15, 0.2) is 10.8 Å². The van der Waals surface area contributed by atoms with Crippen LogP contribution in [-0.2, 0) is 10.0 Å². The normalized spacial score (nSPS) is 24.5. The quantitative estimate of drug-likeness (QED) is 0.657. The Morgan fingerprint density at radius 2 is 2.19 bits per heavy atom. The second kappa shape index (κ2) is 5.24. The van der Waals surface area contributed by atoms with Gasteiger partial charge in [0.2, 0.25) is 5.03 Å². The molecule has 116 valence electrons. The van der Waals surface area contributed by atoms with Crippen LogP contribution in [0.4, 0.5) is 5.82 Å². The number of sulfonamides is 1. The van der Waals surface area contributed by atoms with Crippen LogP contribution in [0.5, 0.6) is 0 Å². The van der Waals surface area contributed by atoms with Crippen LogP contribution >= 0.6 is 11.3 Å². The molecule has 3 rings (SSSR count). The number of nitrogen functional groups attached to an aromatic ring is 1. The van der Waals surface area contributed by atoms with Crippen LogP contribution in [0.25, 0.3) is 4.96 Å². The first-order valence-corrected chi connectivity index (χ1v) is 9.21. The van der Waals surface area contributed by atoms with Gasteiger partial charge in [0.25, 0.3) is 10.0 Å². The van der Waals surface area contributed by atoms with Crippen molar-refractivity contribution in [1.82, 2.24) is 13.7 Å². The van der Waals surface area contributed by atoms with Crippen LogP contribution in [-0.4, -0.2) is 34.7 Å². The van der Waals surface area contributed by atoms with Crippen LogP contribution in [0.3, 0.4) is 0 Å². The van der Waals surface area contributed by atoms with Gasteiger partial charge in [0.05, 0.1) is 0 Å². The van der Waals surface area contributed by atoms with Crippen molar-refractivity contribution in [2.75, 3.05) is 12.0 Å². The second-order valence-electron chi connectivity index (χ2n) is 5.57. The number of aromatic nitrogens is 2. The molecular formula is C12H19N5O2S2. The minimum atomic E-state index is -3.64. The lowest BCUT2D eigenvalue weighted by Crippen LogP contribution is -2.45. The third-order valence-corrected chi connectivity index (χ3v) is 6.73. The van der Waals surface area contributed by atoms with Crippen LogP contribution in [0, 0.1) is 5.92 Å². The van der Waals surface area contributed by atoms with Gasteiger partial charge in [0.1, 0.15) is 0 Å². The van der Waals surface area contributed by atoms with E-state index in [4.69, 9.17) is 5.84 Å². The van der Waals surface area contributed by atoms with Crippen LogP contribution < -0.4 is 11.3 Å². The van der Waals surface area contributed by atoms with Crippen molar-refractivity contribution in [2.24, 2.45) is 11.8 Å². The first-order chi connectivity index (χ1) is 9.95. The molecule has 2 aromatic rings. The first kappa shape index (κ1) is 14.8. The van der Waals surface area contributed by atoms with E-state index in [1.807, 2.05) is 12.3 Å². The molecule has 2 aromatic heterocycles. The van der Waals surface area contributed by atoms with E-state index in [0.717, 1.165) is 12.8 Å². The summed E-state index contributed by atoms with van der Waals surface area (Å²) < 4.78 is 29.3. The summed E-state index contributed by atoms with van der Waals surface area (Å²) in [6.07, 6.45) is 3.63. The maximum absolute atomic E-state index is 13.1. The summed E-state index contributed by atoms with van der Waals surface area (Å²) in [7, 11) is -3.64. The highest BCUT2D eigenvalue weighted by Gasteiger charge is 2.37. The summed E-state index contributed by atoms with van der Waals surface area (Å²) in [6.45, 7) is 4.56. The highest BCUT2D eigenvalue weighted by Crippen LogP contribution is 2.32. The molecule has 0 saturated carbocycles. The number of fused-ring (bicyclic) bond motifs is 1. The molecule has 0 aliphatic carbocycles. The summed E-state index contributed by atoms with van der Waals surface area (Å²) in [4.78, 5) is 4.85. The summed E-state index contributed by atoms with van der Waals surface area (Å²) in [6, 6.07) is -0.0130. The number of hydrogen-bond donors (Lipinski definition) is 2. The Labute approximate surface area is 127 Å². The van der Waals surface area contributed by atoms with E-state index in [2.05, 4.69) is 17.3 Å². The van der Waals surface area contributed by atoms with E-state index in [1.54, 1.807) is 14.9 Å². The van der Waals surface area contributed by atoms with E-state index in [0.29, 0.717) is 17.4 Å². The Kier molecular flexibility index (Phi) is 3.68. The van der Waals surface area contributed by atoms with Gasteiger partial charge in [-0.25, -0.2) is 14.3 Å². The van der Waals surface area contributed by atoms with Gasteiger partial charge in [-0.1, -0.05) is 6.92 Å². The Balaban J connectivity index is 2.13. The van der Waals surface area contributed by atoms with Crippen molar-refractivity contribution < 1.29 is 8.42 Å². The maximum atomic E-state index is 13.1. The third kappa shape index (κ3) is 2.33. The van der Waals surface area contributed by atoms with Crippen LogP contribution in [0.2, 0.25) is 0 Å². The number of nitrogens with one attached hydrogen (secondary N) is 1. The van der Waals surface area contributed by atoms with Crippen molar-refractivity contribution in [2.45, 2.75) is 37.8 Å². The molecule has 2 atom stereocenters. The van der Waals surface area contributed by atoms with Gasteiger partial charge in [-0.15, -0.1) is 11.3 Å². The smallest absolute Gasteiger partial charge is 0.263 e. The molecule has 0 bridgehead atoms. The lowest BCUT2D eigenvalue weighted by atomic mass is 9.97. The van der Waals surface area contributed by atoms with E-state index in [9.17, 15) is 8.42 Å². The van der Waals surface area contributed by atoms with Crippen molar-refractivity contribution in [3.05, 3.63) is 11.6 Å². The zero-order valence-electron chi connectivity index (χ0n) is 12.0. The topological polar surface area (TPSA) is 92.7 Å². The minimum Gasteiger partial charge on any atom is -0.306 e.